The SMILES string of the molecule is Cn1cnc2c1CCCC2C(=O)Nc1ncc(CC2CCOCC2)s1. The fourth-order valence-electron chi connectivity index (χ4n) is 3.82. The molecule has 1 fully saturated rings. The number of aryl methyl sites for hydroxylation is 1. The van der Waals surface area contributed by atoms with Crippen molar-refractivity contribution in [1.29, 1.82) is 0 Å². The predicted molar refractivity (Wildman–Crippen MR) is 96.9 cm³/mol. The molecule has 0 spiro atoms. The van der Waals surface area contributed by atoms with Crippen LogP contribution in [0.4, 0.5) is 5.13 Å². The number of rotatable bonds is 4. The molecular weight excluding hydrogens is 336 g/mol. The number of anilines is 1. The Balaban J connectivity index is 1.40. The summed E-state index contributed by atoms with van der Waals surface area (Å²) in [5.74, 6) is 0.534. The van der Waals surface area contributed by atoms with E-state index in [1.807, 2.05) is 24.1 Å². The molecule has 0 saturated carbocycles. The Bertz CT molecular complexity index is 748. The van der Waals surface area contributed by atoms with Crippen molar-refractivity contribution in [1.82, 2.24) is 14.5 Å². The minimum atomic E-state index is -0.159. The first kappa shape index (κ1) is 16.7. The van der Waals surface area contributed by atoms with E-state index in [1.165, 1.54) is 10.6 Å². The second kappa shape index (κ2) is 7.25. The average molecular weight is 360 g/mol. The van der Waals surface area contributed by atoms with Gasteiger partial charge in [-0.3, -0.25) is 4.79 Å². The molecule has 2 aliphatic rings. The number of nitrogens with one attached hydrogen (secondary N) is 1. The monoisotopic (exact) mass is 360 g/mol. The van der Waals surface area contributed by atoms with Crippen LogP contribution in [0.15, 0.2) is 12.5 Å². The van der Waals surface area contributed by atoms with E-state index in [2.05, 4.69) is 15.3 Å². The first-order chi connectivity index (χ1) is 12.2. The molecule has 1 N–H and O–H groups in total. The van der Waals surface area contributed by atoms with Gasteiger partial charge in [0.25, 0.3) is 0 Å². The Labute approximate surface area is 151 Å². The zero-order valence-corrected chi connectivity index (χ0v) is 15.3. The minimum absolute atomic E-state index is 0.0200. The number of hydrogen-bond donors (Lipinski definition) is 1. The number of carbonyl (C=O) groups is 1. The van der Waals surface area contributed by atoms with Crippen molar-refractivity contribution in [2.75, 3.05) is 18.5 Å². The highest BCUT2D eigenvalue weighted by Crippen LogP contribution is 2.32. The van der Waals surface area contributed by atoms with E-state index in [1.54, 1.807) is 11.3 Å². The van der Waals surface area contributed by atoms with Gasteiger partial charge in [-0.25, -0.2) is 9.97 Å². The summed E-state index contributed by atoms with van der Waals surface area (Å²) in [5.41, 5.74) is 2.12. The maximum absolute atomic E-state index is 12.7. The molecule has 1 saturated heterocycles. The van der Waals surface area contributed by atoms with Gasteiger partial charge in [-0.15, -0.1) is 11.3 Å². The Morgan fingerprint density at radius 2 is 2.20 bits per heavy atom. The third-order valence-corrected chi connectivity index (χ3v) is 6.19. The van der Waals surface area contributed by atoms with Gasteiger partial charge in [0.15, 0.2) is 5.13 Å². The van der Waals surface area contributed by atoms with E-state index in [4.69, 9.17) is 4.74 Å². The van der Waals surface area contributed by atoms with Gasteiger partial charge in [0.1, 0.15) is 0 Å². The number of amides is 1. The van der Waals surface area contributed by atoms with Crippen molar-refractivity contribution in [2.45, 2.75) is 44.4 Å². The van der Waals surface area contributed by atoms with Crippen LogP contribution < -0.4 is 5.32 Å². The zero-order valence-electron chi connectivity index (χ0n) is 14.5. The number of thiazole rings is 1. The maximum atomic E-state index is 12.7. The molecule has 1 atom stereocenters. The van der Waals surface area contributed by atoms with Gasteiger partial charge in [-0.05, 0) is 44.4 Å². The molecule has 1 aliphatic carbocycles. The first-order valence-electron chi connectivity index (χ1n) is 9.04. The highest BCUT2D eigenvalue weighted by Gasteiger charge is 2.30. The number of aromatic nitrogens is 3. The van der Waals surface area contributed by atoms with E-state index >= 15 is 0 Å². The van der Waals surface area contributed by atoms with E-state index in [-0.39, 0.29) is 11.8 Å². The Hall–Kier alpha value is -1.73. The maximum Gasteiger partial charge on any atom is 0.235 e. The molecule has 2 aromatic heterocycles. The average Bonchev–Trinajstić information content (AvgIpc) is 3.22. The Morgan fingerprint density at radius 3 is 3.04 bits per heavy atom. The van der Waals surface area contributed by atoms with Crippen molar-refractivity contribution in [3.05, 3.63) is 28.8 Å². The predicted octanol–water partition coefficient (Wildman–Crippen LogP) is 2.90. The number of nitrogens with zero attached hydrogens (tertiary/aromatic N) is 3. The van der Waals surface area contributed by atoms with Crippen LogP contribution >= 0.6 is 11.3 Å². The molecule has 1 amide bonds. The lowest BCUT2D eigenvalue weighted by molar-refractivity contribution is -0.118. The smallest absolute Gasteiger partial charge is 0.235 e. The summed E-state index contributed by atoms with van der Waals surface area (Å²) in [6.07, 6.45) is 9.86. The summed E-state index contributed by atoms with van der Waals surface area (Å²) >= 11 is 1.60. The fourth-order valence-corrected chi connectivity index (χ4v) is 4.75. The second-order valence-electron chi connectivity index (χ2n) is 7.01. The minimum Gasteiger partial charge on any atom is -0.381 e. The molecule has 0 bridgehead atoms. The first-order valence-corrected chi connectivity index (χ1v) is 9.85. The largest absolute Gasteiger partial charge is 0.381 e. The molecule has 0 aromatic carbocycles. The van der Waals surface area contributed by atoms with Gasteiger partial charge < -0.3 is 14.6 Å². The highest BCUT2D eigenvalue weighted by molar-refractivity contribution is 7.15. The quantitative estimate of drug-likeness (QED) is 0.910. The van der Waals surface area contributed by atoms with Gasteiger partial charge in [0, 0.05) is 37.0 Å². The zero-order chi connectivity index (χ0) is 17.2. The van der Waals surface area contributed by atoms with Gasteiger partial charge in [-0.1, -0.05) is 0 Å². The molecule has 7 heteroatoms. The molecule has 134 valence electrons. The molecular formula is C18H24N4O2S. The van der Waals surface area contributed by atoms with E-state index in [0.717, 1.165) is 57.4 Å². The van der Waals surface area contributed by atoms with Crippen LogP contribution in [-0.4, -0.2) is 33.7 Å². The summed E-state index contributed by atoms with van der Waals surface area (Å²) in [7, 11) is 2.00. The second-order valence-corrected chi connectivity index (χ2v) is 8.13. The molecule has 4 rings (SSSR count). The number of hydrogen-bond acceptors (Lipinski definition) is 5. The molecule has 1 aliphatic heterocycles. The van der Waals surface area contributed by atoms with Crippen LogP contribution in [-0.2, 0) is 29.4 Å². The molecule has 6 nitrogen and oxygen atoms in total. The molecule has 0 radical (unpaired) electrons. The number of fused-ring (bicyclic) bond motifs is 1. The molecule has 1 unspecified atom stereocenters. The van der Waals surface area contributed by atoms with Crippen LogP contribution in [0.5, 0.6) is 0 Å². The third-order valence-electron chi connectivity index (χ3n) is 5.26. The summed E-state index contributed by atoms with van der Waals surface area (Å²) in [4.78, 5) is 22.8. The van der Waals surface area contributed by atoms with Gasteiger partial charge in [0.05, 0.1) is 17.9 Å². The summed E-state index contributed by atoms with van der Waals surface area (Å²) in [6, 6.07) is 0. The molecule has 25 heavy (non-hydrogen) atoms. The molecule has 3 heterocycles. The fraction of sp³-hybridized carbons (Fsp3) is 0.611. The Morgan fingerprint density at radius 1 is 1.36 bits per heavy atom. The number of carbonyl (C=O) groups excluding carboxylic acids is 1. The number of ether oxygens (including phenoxy) is 1. The van der Waals surface area contributed by atoms with Crippen LogP contribution in [0.1, 0.15) is 47.9 Å². The van der Waals surface area contributed by atoms with Crippen molar-refractivity contribution in [3.8, 4) is 0 Å². The number of imidazole rings is 1. The highest BCUT2D eigenvalue weighted by atomic mass is 32.1. The van der Waals surface area contributed by atoms with Crippen molar-refractivity contribution in [3.63, 3.8) is 0 Å². The standard InChI is InChI=1S/C18H24N4O2S/c1-22-11-20-16-14(3-2-4-15(16)22)17(23)21-18-19-10-13(25-18)9-12-5-7-24-8-6-12/h10-12,14H,2-9H2,1H3,(H,19,21,23). The van der Waals surface area contributed by atoms with E-state index in [9.17, 15) is 4.79 Å². The van der Waals surface area contributed by atoms with Gasteiger partial charge in [0.2, 0.25) is 5.91 Å². The van der Waals surface area contributed by atoms with E-state index in [0.29, 0.717) is 11.0 Å². The summed E-state index contributed by atoms with van der Waals surface area (Å²) in [6.45, 7) is 1.72. The van der Waals surface area contributed by atoms with Crippen LogP contribution in [0.3, 0.4) is 0 Å². The van der Waals surface area contributed by atoms with Crippen molar-refractivity contribution in [2.24, 2.45) is 13.0 Å². The van der Waals surface area contributed by atoms with Crippen LogP contribution in [0.25, 0.3) is 0 Å². The van der Waals surface area contributed by atoms with Gasteiger partial charge in [-0.2, -0.15) is 0 Å². The van der Waals surface area contributed by atoms with Crippen molar-refractivity contribution < 1.29 is 9.53 Å². The van der Waals surface area contributed by atoms with Crippen LogP contribution in [0, 0.1) is 5.92 Å². The normalized spacial score (nSPS) is 21.1. The lowest BCUT2D eigenvalue weighted by Crippen LogP contribution is -2.25. The molecule has 2 aromatic rings. The van der Waals surface area contributed by atoms with Crippen LogP contribution in [0.2, 0.25) is 0 Å². The van der Waals surface area contributed by atoms with E-state index < -0.39 is 0 Å². The summed E-state index contributed by atoms with van der Waals surface area (Å²) < 4.78 is 7.45. The van der Waals surface area contributed by atoms with Crippen molar-refractivity contribution >= 4 is 22.4 Å². The van der Waals surface area contributed by atoms with Gasteiger partial charge >= 0.3 is 0 Å². The summed E-state index contributed by atoms with van der Waals surface area (Å²) in [5, 5.41) is 3.72. The third kappa shape index (κ3) is 3.62. The topological polar surface area (TPSA) is 69.0 Å². The Kier molecular flexibility index (Phi) is 4.85. The lowest BCUT2D eigenvalue weighted by Gasteiger charge is -2.21. The lowest BCUT2D eigenvalue weighted by atomic mass is 9.89.